The molecule has 3 rings (SSSR count). The number of nitrogens with zero attached hydrogens (tertiary/aromatic N) is 3. The Morgan fingerprint density at radius 2 is 1.69 bits per heavy atom. The van der Waals surface area contributed by atoms with Crippen LogP contribution in [0.2, 0.25) is 0 Å². The molecule has 1 aliphatic rings. The molecule has 0 spiro atoms. The zero-order valence-corrected chi connectivity index (χ0v) is 23.0. The van der Waals surface area contributed by atoms with Gasteiger partial charge in [-0.05, 0) is 42.2 Å². The van der Waals surface area contributed by atoms with Gasteiger partial charge in [-0.1, -0.05) is 20.8 Å². The van der Waals surface area contributed by atoms with E-state index in [4.69, 9.17) is 10.1 Å². The summed E-state index contributed by atoms with van der Waals surface area (Å²) < 4.78 is 6.02. The number of Topliss-reactive ketones (excluding diaryl/α,β-unsaturated/α-hetero) is 1. The lowest BCUT2D eigenvalue weighted by molar-refractivity contribution is 0.0955. The maximum Gasteiger partial charge on any atom is 0.253 e. The van der Waals surface area contributed by atoms with E-state index in [1.54, 1.807) is 18.0 Å². The number of ketones is 1. The molecule has 2 aromatic rings. The Morgan fingerprint density at radius 3 is 2.22 bits per heavy atom. The number of hydrogen-bond acceptors (Lipinski definition) is 6. The van der Waals surface area contributed by atoms with Crippen LogP contribution >= 0.6 is 0 Å². The van der Waals surface area contributed by atoms with Gasteiger partial charge in [0.05, 0.1) is 24.4 Å². The van der Waals surface area contributed by atoms with Crippen molar-refractivity contribution in [2.75, 3.05) is 58.2 Å². The topological polar surface area (TPSA) is 89.0 Å². The minimum Gasteiger partial charge on any atom is -0.491 e. The molecule has 1 heterocycles. The maximum absolute atomic E-state index is 13.5. The fourth-order valence-electron chi connectivity index (χ4n) is 4.48. The number of amides is 1. The lowest BCUT2D eigenvalue weighted by atomic mass is 9.84. The molecule has 2 aromatic carbocycles. The Hall–Kier alpha value is -3.55. The summed E-state index contributed by atoms with van der Waals surface area (Å²) in [6.07, 6.45) is 0. The Bertz CT molecular complexity index is 1190. The van der Waals surface area contributed by atoms with Crippen molar-refractivity contribution in [3.8, 4) is 5.75 Å². The van der Waals surface area contributed by atoms with Gasteiger partial charge in [-0.15, -0.1) is 0 Å². The summed E-state index contributed by atoms with van der Waals surface area (Å²) in [6.45, 7) is 9.34. The number of fused-ring (bicyclic) bond motifs is 1. The van der Waals surface area contributed by atoms with E-state index in [-0.39, 0.29) is 29.5 Å². The SMILES string of the molecule is CCOc1c(N(C)C)cc(C(=O)CN2Cc3cc(N(C)C)c(C(=O)NC)cc3C2=N)cc1C(C)(C)C. The first-order valence-corrected chi connectivity index (χ1v) is 12.2. The van der Waals surface area contributed by atoms with Crippen molar-refractivity contribution in [3.63, 3.8) is 0 Å². The molecule has 194 valence electrons. The van der Waals surface area contributed by atoms with Crippen LogP contribution in [0.4, 0.5) is 11.4 Å². The molecule has 1 aliphatic heterocycles. The van der Waals surface area contributed by atoms with Crippen LogP contribution in [0.5, 0.6) is 5.75 Å². The van der Waals surface area contributed by atoms with Gasteiger partial charge >= 0.3 is 0 Å². The number of rotatable bonds is 8. The molecule has 0 saturated carbocycles. The van der Waals surface area contributed by atoms with Crippen molar-refractivity contribution in [2.24, 2.45) is 0 Å². The normalized spacial score (nSPS) is 12.9. The highest BCUT2D eigenvalue weighted by Crippen LogP contribution is 2.40. The van der Waals surface area contributed by atoms with Gasteiger partial charge < -0.3 is 24.8 Å². The zero-order valence-electron chi connectivity index (χ0n) is 23.0. The van der Waals surface area contributed by atoms with Crippen LogP contribution in [-0.2, 0) is 12.0 Å². The molecule has 36 heavy (non-hydrogen) atoms. The van der Waals surface area contributed by atoms with Gasteiger partial charge in [0.2, 0.25) is 0 Å². The van der Waals surface area contributed by atoms with Gasteiger partial charge in [0.15, 0.2) is 5.78 Å². The first kappa shape index (κ1) is 27.0. The number of amidine groups is 1. The van der Waals surface area contributed by atoms with E-state index < -0.39 is 0 Å². The monoisotopic (exact) mass is 493 g/mol. The van der Waals surface area contributed by atoms with E-state index in [0.717, 1.165) is 28.3 Å². The Labute approximate surface area is 214 Å². The molecule has 0 saturated heterocycles. The van der Waals surface area contributed by atoms with Crippen LogP contribution in [0.15, 0.2) is 24.3 Å². The number of benzene rings is 2. The summed E-state index contributed by atoms with van der Waals surface area (Å²) in [6, 6.07) is 7.51. The van der Waals surface area contributed by atoms with Crippen molar-refractivity contribution in [2.45, 2.75) is 39.7 Å². The minimum absolute atomic E-state index is 0.0661. The van der Waals surface area contributed by atoms with Crippen molar-refractivity contribution in [1.29, 1.82) is 5.41 Å². The molecule has 0 bridgehead atoms. The predicted octanol–water partition coefficient (Wildman–Crippen LogP) is 3.90. The van der Waals surface area contributed by atoms with Gasteiger partial charge in [-0.25, -0.2) is 0 Å². The molecule has 0 aromatic heterocycles. The Kier molecular flexibility index (Phi) is 7.67. The fourth-order valence-corrected chi connectivity index (χ4v) is 4.48. The number of carbonyl (C=O) groups is 2. The highest BCUT2D eigenvalue weighted by atomic mass is 16.5. The van der Waals surface area contributed by atoms with Crippen LogP contribution in [0, 0.1) is 5.41 Å². The van der Waals surface area contributed by atoms with E-state index in [2.05, 4.69) is 26.1 Å². The zero-order chi connectivity index (χ0) is 26.9. The number of ether oxygens (including phenoxy) is 1. The average molecular weight is 494 g/mol. The van der Waals surface area contributed by atoms with Crippen molar-refractivity contribution in [1.82, 2.24) is 10.2 Å². The summed E-state index contributed by atoms with van der Waals surface area (Å²) in [5.74, 6) is 0.780. The third-order valence-electron chi connectivity index (χ3n) is 6.41. The van der Waals surface area contributed by atoms with Crippen molar-refractivity contribution in [3.05, 3.63) is 52.1 Å². The Morgan fingerprint density at radius 1 is 1.06 bits per heavy atom. The lowest BCUT2D eigenvalue weighted by Gasteiger charge is -2.28. The van der Waals surface area contributed by atoms with E-state index in [9.17, 15) is 9.59 Å². The third-order valence-corrected chi connectivity index (χ3v) is 6.41. The third kappa shape index (κ3) is 5.17. The quantitative estimate of drug-likeness (QED) is 0.543. The molecule has 0 unspecified atom stereocenters. The van der Waals surface area contributed by atoms with Crippen LogP contribution < -0.4 is 19.9 Å². The predicted molar refractivity (Wildman–Crippen MR) is 146 cm³/mol. The molecule has 0 fully saturated rings. The molecule has 2 N–H and O–H groups in total. The number of anilines is 2. The largest absolute Gasteiger partial charge is 0.491 e. The first-order chi connectivity index (χ1) is 16.8. The van der Waals surface area contributed by atoms with Gasteiger partial charge in [0, 0.05) is 64.2 Å². The average Bonchev–Trinajstić information content (AvgIpc) is 3.11. The van der Waals surface area contributed by atoms with Crippen LogP contribution in [-0.4, -0.2) is 70.8 Å². The van der Waals surface area contributed by atoms with E-state index in [1.807, 2.05) is 63.1 Å². The summed E-state index contributed by atoms with van der Waals surface area (Å²) >= 11 is 0. The van der Waals surface area contributed by atoms with Crippen LogP contribution in [0.3, 0.4) is 0 Å². The number of hydrogen-bond donors (Lipinski definition) is 2. The van der Waals surface area contributed by atoms with Crippen LogP contribution in [0.1, 0.15) is 65.1 Å². The highest BCUT2D eigenvalue weighted by molar-refractivity contribution is 6.08. The van der Waals surface area contributed by atoms with Crippen LogP contribution in [0.25, 0.3) is 0 Å². The number of carbonyl (C=O) groups excluding carboxylic acids is 2. The fraction of sp³-hybridized carbons (Fsp3) is 0.464. The maximum atomic E-state index is 13.5. The molecule has 8 heteroatoms. The van der Waals surface area contributed by atoms with Gasteiger partial charge in [-0.2, -0.15) is 0 Å². The van der Waals surface area contributed by atoms with Crippen molar-refractivity contribution >= 4 is 28.9 Å². The standard InChI is InChI=1S/C28H39N5O3/c1-10-36-25-21(28(2,3)4)11-17(12-23(25)32(8)9)24(34)16-33-15-18-13-22(31(6)7)20(27(35)30-5)14-19(18)26(33)29/h11-14,29H,10,15-16H2,1-9H3,(H,30,35). The minimum atomic E-state index is -0.221. The second-order valence-corrected chi connectivity index (χ2v) is 10.6. The summed E-state index contributed by atoms with van der Waals surface area (Å²) in [4.78, 5) is 31.6. The van der Waals surface area contributed by atoms with Crippen molar-refractivity contribution < 1.29 is 14.3 Å². The molecular weight excluding hydrogens is 454 g/mol. The number of nitrogens with one attached hydrogen (secondary N) is 2. The van der Waals surface area contributed by atoms with Gasteiger partial charge in [0.25, 0.3) is 5.91 Å². The molecule has 0 aliphatic carbocycles. The molecule has 8 nitrogen and oxygen atoms in total. The summed E-state index contributed by atoms with van der Waals surface area (Å²) in [7, 11) is 9.25. The smallest absolute Gasteiger partial charge is 0.253 e. The highest BCUT2D eigenvalue weighted by Gasteiger charge is 2.30. The first-order valence-electron chi connectivity index (χ1n) is 12.2. The van der Waals surface area contributed by atoms with E-state index >= 15 is 0 Å². The molecule has 0 radical (unpaired) electrons. The molecular formula is C28H39N5O3. The van der Waals surface area contributed by atoms with Gasteiger partial charge in [-0.3, -0.25) is 15.0 Å². The second kappa shape index (κ2) is 10.2. The Balaban J connectivity index is 1.97. The van der Waals surface area contributed by atoms with Gasteiger partial charge in [0.1, 0.15) is 11.6 Å². The molecule has 0 atom stereocenters. The summed E-state index contributed by atoms with van der Waals surface area (Å²) in [5, 5.41) is 11.4. The van der Waals surface area contributed by atoms with E-state index in [1.165, 1.54) is 0 Å². The lowest BCUT2D eigenvalue weighted by Crippen LogP contribution is -2.30. The summed E-state index contributed by atoms with van der Waals surface area (Å²) in [5.41, 5.74) is 5.12. The second-order valence-electron chi connectivity index (χ2n) is 10.6. The molecule has 1 amide bonds. The van der Waals surface area contributed by atoms with E-state index in [0.29, 0.717) is 29.8 Å².